The lowest BCUT2D eigenvalue weighted by Gasteiger charge is -2.33. The number of hydrogen-bond acceptors (Lipinski definition) is 5. The molecule has 0 saturated carbocycles. The molecule has 0 N–H and O–H groups in total. The molecule has 1 fully saturated rings. The highest BCUT2D eigenvalue weighted by molar-refractivity contribution is 7.13. The summed E-state index contributed by atoms with van der Waals surface area (Å²) in [6.45, 7) is 3.40. The quantitative estimate of drug-likeness (QED) is 0.582. The first-order chi connectivity index (χ1) is 15.4. The summed E-state index contributed by atoms with van der Waals surface area (Å²) in [4.78, 5) is 32.1. The van der Waals surface area contributed by atoms with Crippen molar-refractivity contribution in [3.8, 4) is 16.3 Å². The minimum absolute atomic E-state index is 0.00952. The summed E-state index contributed by atoms with van der Waals surface area (Å²) in [5.74, 6) is -0.731. The molecule has 0 atom stereocenters. The highest BCUT2D eigenvalue weighted by atomic mass is 32.1. The van der Waals surface area contributed by atoms with Crippen LogP contribution in [0.5, 0.6) is 5.75 Å². The Kier molecular flexibility index (Phi) is 6.45. The fourth-order valence-electron chi connectivity index (χ4n) is 3.42. The molecule has 2 aromatic carbocycles. The molecule has 2 amide bonds. The summed E-state index contributed by atoms with van der Waals surface area (Å²) >= 11 is 1.34. The first kappa shape index (κ1) is 21.9. The van der Waals surface area contributed by atoms with Crippen molar-refractivity contribution >= 4 is 23.2 Å². The first-order valence-electron chi connectivity index (χ1n) is 10.1. The predicted octanol–water partition coefficient (Wildman–Crippen LogP) is 3.97. The molecular formula is C23H21F2N3O3S. The third kappa shape index (κ3) is 4.94. The normalized spacial score (nSPS) is 13.8. The van der Waals surface area contributed by atoms with Crippen LogP contribution in [0.3, 0.4) is 0 Å². The van der Waals surface area contributed by atoms with Crippen LogP contribution in [-0.4, -0.2) is 52.8 Å². The summed E-state index contributed by atoms with van der Waals surface area (Å²) in [5, 5.41) is 2.36. The molecule has 0 radical (unpaired) electrons. The summed E-state index contributed by atoms with van der Waals surface area (Å²) in [6, 6.07) is 10.3. The number of piperazine rings is 1. The van der Waals surface area contributed by atoms with E-state index in [1.165, 1.54) is 18.3 Å². The van der Waals surface area contributed by atoms with Gasteiger partial charge in [0.05, 0.1) is 0 Å². The molecule has 2 heterocycles. The number of hydrogen-bond donors (Lipinski definition) is 0. The molecule has 0 bridgehead atoms. The fraction of sp³-hybridized carbons (Fsp3) is 0.261. The smallest absolute Gasteiger partial charge is 0.273 e. The van der Waals surface area contributed by atoms with Crippen LogP contribution in [0.1, 0.15) is 23.0 Å². The molecule has 1 saturated heterocycles. The second-order valence-electron chi connectivity index (χ2n) is 7.39. The molecule has 1 aliphatic heterocycles. The van der Waals surface area contributed by atoms with E-state index in [9.17, 15) is 18.4 Å². The third-order valence-corrected chi connectivity index (χ3v) is 6.11. The molecule has 6 nitrogen and oxygen atoms in total. The predicted molar refractivity (Wildman–Crippen MR) is 116 cm³/mol. The average Bonchev–Trinajstić information content (AvgIpc) is 3.30. The van der Waals surface area contributed by atoms with Crippen LogP contribution in [0.4, 0.5) is 8.78 Å². The number of carbonyl (C=O) groups is 2. The second-order valence-corrected chi connectivity index (χ2v) is 8.25. The molecule has 4 rings (SSSR count). The van der Waals surface area contributed by atoms with Gasteiger partial charge in [-0.3, -0.25) is 9.59 Å². The minimum Gasteiger partial charge on any atom is -0.489 e. The molecule has 9 heteroatoms. The molecule has 166 valence electrons. The summed E-state index contributed by atoms with van der Waals surface area (Å²) in [6.07, 6.45) is 0. The Hall–Kier alpha value is -3.33. The molecule has 1 aromatic heterocycles. The molecular weight excluding hydrogens is 436 g/mol. The Labute approximate surface area is 188 Å². The van der Waals surface area contributed by atoms with Gasteiger partial charge >= 0.3 is 0 Å². The highest BCUT2D eigenvalue weighted by Gasteiger charge is 2.25. The van der Waals surface area contributed by atoms with Gasteiger partial charge in [-0.05, 0) is 30.3 Å². The van der Waals surface area contributed by atoms with E-state index in [0.29, 0.717) is 42.6 Å². The van der Waals surface area contributed by atoms with Crippen molar-refractivity contribution in [2.75, 3.05) is 26.2 Å². The van der Waals surface area contributed by atoms with E-state index in [4.69, 9.17) is 4.74 Å². The van der Waals surface area contributed by atoms with Gasteiger partial charge in [0.1, 0.15) is 34.7 Å². The molecule has 0 unspecified atom stereocenters. The van der Waals surface area contributed by atoms with Gasteiger partial charge < -0.3 is 14.5 Å². The first-order valence-corrected chi connectivity index (χ1v) is 11.0. The van der Waals surface area contributed by atoms with Crippen LogP contribution in [-0.2, 0) is 11.4 Å². The number of halogens is 2. The number of ether oxygens (including phenoxy) is 1. The van der Waals surface area contributed by atoms with Crippen LogP contribution in [0.15, 0.2) is 47.8 Å². The van der Waals surface area contributed by atoms with Gasteiger partial charge in [-0.15, -0.1) is 11.3 Å². The highest BCUT2D eigenvalue weighted by Crippen LogP contribution is 2.28. The van der Waals surface area contributed by atoms with Crippen LogP contribution in [0.2, 0.25) is 0 Å². The van der Waals surface area contributed by atoms with E-state index in [-0.39, 0.29) is 24.0 Å². The average molecular weight is 458 g/mol. The van der Waals surface area contributed by atoms with Crippen molar-refractivity contribution in [2.45, 2.75) is 13.5 Å². The van der Waals surface area contributed by atoms with E-state index in [1.807, 2.05) is 6.07 Å². The lowest BCUT2D eigenvalue weighted by atomic mass is 10.2. The van der Waals surface area contributed by atoms with Gasteiger partial charge in [0, 0.05) is 49.6 Å². The van der Waals surface area contributed by atoms with E-state index < -0.39 is 11.6 Å². The van der Waals surface area contributed by atoms with Crippen molar-refractivity contribution in [2.24, 2.45) is 0 Å². The Morgan fingerprint density at radius 1 is 1.06 bits per heavy atom. The van der Waals surface area contributed by atoms with Crippen LogP contribution in [0.25, 0.3) is 10.6 Å². The molecule has 3 aromatic rings. The largest absolute Gasteiger partial charge is 0.489 e. The lowest BCUT2D eigenvalue weighted by molar-refractivity contribution is -0.130. The number of aromatic nitrogens is 1. The van der Waals surface area contributed by atoms with E-state index in [1.54, 1.807) is 33.4 Å². The number of thiazole rings is 1. The second kappa shape index (κ2) is 9.44. The van der Waals surface area contributed by atoms with Gasteiger partial charge in [0.15, 0.2) is 0 Å². The molecule has 0 spiro atoms. The van der Waals surface area contributed by atoms with Crippen molar-refractivity contribution in [1.82, 2.24) is 14.8 Å². The monoisotopic (exact) mass is 457 g/mol. The standard InChI is InChI=1S/C23H21F2N3O3S/c1-15(29)27-7-9-28(10-8-27)23(30)21-14-32-22(26-21)16-3-2-4-19(12-16)31-13-17-11-18(24)5-6-20(17)25/h2-6,11-12,14H,7-10,13H2,1H3. The van der Waals surface area contributed by atoms with Gasteiger partial charge in [0.25, 0.3) is 5.91 Å². The summed E-state index contributed by atoms with van der Waals surface area (Å²) < 4.78 is 32.8. The number of nitrogens with zero attached hydrogens (tertiary/aromatic N) is 3. The van der Waals surface area contributed by atoms with Crippen molar-refractivity contribution in [3.63, 3.8) is 0 Å². The van der Waals surface area contributed by atoms with Crippen LogP contribution >= 0.6 is 11.3 Å². The zero-order valence-electron chi connectivity index (χ0n) is 17.4. The van der Waals surface area contributed by atoms with Crippen molar-refractivity contribution in [3.05, 3.63) is 70.7 Å². The third-order valence-electron chi connectivity index (χ3n) is 5.22. The Morgan fingerprint density at radius 3 is 2.56 bits per heavy atom. The number of carbonyl (C=O) groups excluding carboxylic acids is 2. The fourth-order valence-corrected chi connectivity index (χ4v) is 4.22. The maximum Gasteiger partial charge on any atom is 0.273 e. The van der Waals surface area contributed by atoms with E-state index >= 15 is 0 Å². The number of benzene rings is 2. The van der Waals surface area contributed by atoms with Gasteiger partial charge in [-0.25, -0.2) is 13.8 Å². The molecule has 0 aliphatic carbocycles. The van der Waals surface area contributed by atoms with Crippen molar-refractivity contribution < 1.29 is 23.1 Å². The molecule has 32 heavy (non-hydrogen) atoms. The Morgan fingerprint density at radius 2 is 1.81 bits per heavy atom. The minimum atomic E-state index is -0.533. The van der Waals surface area contributed by atoms with Crippen molar-refractivity contribution in [1.29, 1.82) is 0 Å². The topological polar surface area (TPSA) is 62.7 Å². The number of rotatable bonds is 5. The maximum absolute atomic E-state index is 13.8. The van der Waals surface area contributed by atoms with Gasteiger partial charge in [-0.2, -0.15) is 0 Å². The summed E-state index contributed by atoms with van der Waals surface area (Å²) in [7, 11) is 0. The maximum atomic E-state index is 13.8. The lowest BCUT2D eigenvalue weighted by Crippen LogP contribution is -2.50. The van der Waals surface area contributed by atoms with Gasteiger partial charge in [0.2, 0.25) is 5.91 Å². The zero-order valence-corrected chi connectivity index (χ0v) is 18.2. The van der Waals surface area contributed by atoms with Gasteiger partial charge in [-0.1, -0.05) is 12.1 Å². The van der Waals surface area contributed by atoms with E-state index in [0.717, 1.165) is 23.8 Å². The number of amides is 2. The summed E-state index contributed by atoms with van der Waals surface area (Å²) in [5.41, 5.74) is 1.24. The zero-order chi connectivity index (χ0) is 22.7. The SMILES string of the molecule is CC(=O)N1CCN(C(=O)c2csc(-c3cccc(OCc4cc(F)ccc4F)c3)n2)CC1. The Bertz CT molecular complexity index is 1140. The van der Waals surface area contributed by atoms with Crippen LogP contribution < -0.4 is 4.74 Å². The Balaban J connectivity index is 1.42. The van der Waals surface area contributed by atoms with Crippen LogP contribution in [0, 0.1) is 11.6 Å². The molecule has 1 aliphatic rings. The van der Waals surface area contributed by atoms with E-state index in [2.05, 4.69) is 4.98 Å².